The molecule has 2 spiro atoms. The number of carbonyl (C=O) groups is 2. The zero-order valence-electron chi connectivity index (χ0n) is 38.0. The highest BCUT2D eigenvalue weighted by Gasteiger charge is 2.52. The van der Waals surface area contributed by atoms with Gasteiger partial charge in [-0.05, 0) is 178 Å². The van der Waals surface area contributed by atoms with Crippen LogP contribution in [0.5, 0.6) is 0 Å². The number of likely N-dealkylation sites (tertiary alicyclic amines) is 1. The number of nitrogens with zero attached hydrogens (tertiary/aromatic N) is 1. The fourth-order valence-corrected chi connectivity index (χ4v) is 14.0. The maximum absolute atomic E-state index is 14.2. The molecular formula is C52H59F4N3O6S2. The average molecular weight is 962 g/mol. The van der Waals surface area contributed by atoms with Crippen molar-refractivity contribution >= 4 is 43.0 Å². The van der Waals surface area contributed by atoms with Crippen LogP contribution < -0.4 is 9.44 Å². The minimum atomic E-state index is -4.26. The van der Waals surface area contributed by atoms with Gasteiger partial charge in [-0.15, -0.1) is 0 Å². The van der Waals surface area contributed by atoms with E-state index in [1.54, 1.807) is 18.2 Å². The van der Waals surface area contributed by atoms with Crippen LogP contribution in [0.15, 0.2) is 70.5 Å². The van der Waals surface area contributed by atoms with E-state index >= 15 is 0 Å². The summed E-state index contributed by atoms with van der Waals surface area (Å²) in [6.07, 6.45) is 18.1. The number of fused-ring (bicyclic) bond motifs is 4. The average Bonchev–Trinajstić information content (AvgIpc) is 3.73. The smallest absolute Gasteiger partial charge is 0.264 e. The summed E-state index contributed by atoms with van der Waals surface area (Å²) >= 11 is 0. The second-order valence-electron chi connectivity index (χ2n) is 20.1. The van der Waals surface area contributed by atoms with Gasteiger partial charge >= 0.3 is 0 Å². The second-order valence-corrected chi connectivity index (χ2v) is 23.4. The molecule has 4 aromatic carbocycles. The van der Waals surface area contributed by atoms with E-state index in [4.69, 9.17) is 0 Å². The van der Waals surface area contributed by atoms with Gasteiger partial charge in [-0.1, -0.05) is 44.9 Å². The van der Waals surface area contributed by atoms with Crippen molar-refractivity contribution in [3.8, 4) is 0 Å². The van der Waals surface area contributed by atoms with E-state index in [1.807, 2.05) is 6.07 Å². The third-order valence-corrected chi connectivity index (χ3v) is 18.8. The third-order valence-electron chi connectivity index (χ3n) is 16.0. The Hall–Kier alpha value is -4.60. The molecule has 67 heavy (non-hydrogen) atoms. The first-order valence-corrected chi connectivity index (χ1v) is 27.0. The number of aryl methyl sites for hydroxylation is 2. The number of halogens is 4. The normalized spacial score (nSPS) is 20.2. The fraction of sp³-hybridized carbons (Fsp3) is 0.500. The van der Waals surface area contributed by atoms with E-state index < -0.39 is 63.9 Å². The van der Waals surface area contributed by atoms with Crippen LogP contribution in [0, 0.1) is 35.1 Å². The van der Waals surface area contributed by atoms with Crippen molar-refractivity contribution in [2.45, 2.75) is 143 Å². The molecule has 3 saturated carbocycles. The maximum atomic E-state index is 14.2. The van der Waals surface area contributed by atoms with Crippen molar-refractivity contribution in [3.63, 3.8) is 0 Å². The fourth-order valence-electron chi connectivity index (χ4n) is 11.8. The molecule has 358 valence electrons. The summed E-state index contributed by atoms with van der Waals surface area (Å²) in [5, 5.41) is 0. The first-order valence-electron chi connectivity index (χ1n) is 24.0. The summed E-state index contributed by atoms with van der Waals surface area (Å²) in [6.45, 7) is 2.15. The van der Waals surface area contributed by atoms with Gasteiger partial charge in [0.1, 0.15) is 44.6 Å². The summed E-state index contributed by atoms with van der Waals surface area (Å²) in [5.41, 5.74) is 5.70. The molecule has 2 N–H and O–H groups in total. The monoisotopic (exact) mass is 961 g/mol. The second kappa shape index (κ2) is 18.7. The zero-order chi connectivity index (χ0) is 47.3. The Morgan fingerprint density at radius 2 is 0.985 bits per heavy atom. The molecular weight excluding hydrogens is 903 g/mol. The first-order chi connectivity index (χ1) is 32.0. The summed E-state index contributed by atoms with van der Waals surface area (Å²) in [4.78, 5) is 27.1. The summed E-state index contributed by atoms with van der Waals surface area (Å²) in [5.74, 6) is -2.22. The van der Waals surface area contributed by atoms with Crippen molar-refractivity contribution in [2.75, 3.05) is 29.6 Å². The summed E-state index contributed by atoms with van der Waals surface area (Å²) < 4.78 is 112. The Morgan fingerprint density at radius 3 is 1.37 bits per heavy atom. The van der Waals surface area contributed by atoms with Crippen LogP contribution in [0.4, 0.5) is 28.9 Å². The maximum Gasteiger partial charge on any atom is 0.264 e. The molecule has 9 nitrogen and oxygen atoms in total. The molecule has 0 amide bonds. The highest BCUT2D eigenvalue weighted by Crippen LogP contribution is 2.53. The molecule has 0 radical (unpaired) electrons. The number of piperidine rings is 1. The number of nitrogens with one attached hydrogen (secondary N) is 2. The quantitative estimate of drug-likeness (QED) is 0.135. The van der Waals surface area contributed by atoms with E-state index in [1.165, 1.54) is 32.1 Å². The van der Waals surface area contributed by atoms with Crippen LogP contribution >= 0.6 is 0 Å². The zero-order valence-corrected chi connectivity index (χ0v) is 39.6. The third kappa shape index (κ3) is 9.45. The molecule has 4 fully saturated rings. The Morgan fingerprint density at radius 1 is 0.567 bits per heavy atom. The lowest BCUT2D eigenvalue weighted by Crippen LogP contribution is -2.39. The van der Waals surface area contributed by atoms with Gasteiger partial charge in [0, 0.05) is 36.3 Å². The number of ketones is 2. The lowest BCUT2D eigenvalue weighted by Gasteiger charge is -2.38. The van der Waals surface area contributed by atoms with Gasteiger partial charge in [0.15, 0.2) is 0 Å². The molecule has 1 aliphatic heterocycles. The van der Waals surface area contributed by atoms with Gasteiger partial charge < -0.3 is 4.90 Å². The minimum Gasteiger partial charge on any atom is -0.306 e. The largest absolute Gasteiger partial charge is 0.306 e. The summed E-state index contributed by atoms with van der Waals surface area (Å²) in [7, 11) is -6.37. The molecule has 4 aromatic rings. The number of hydrogen-bond acceptors (Lipinski definition) is 7. The van der Waals surface area contributed by atoms with Crippen LogP contribution in [-0.4, -0.2) is 53.4 Å². The molecule has 10 rings (SSSR count). The van der Waals surface area contributed by atoms with E-state index in [0.29, 0.717) is 48.2 Å². The molecule has 6 aliphatic rings. The number of sulfonamides is 2. The van der Waals surface area contributed by atoms with Crippen LogP contribution in [0.2, 0.25) is 0 Å². The number of anilines is 2. The standard InChI is InChI=1S/C26H30F2N2O3S.C26H29F2NO3S/c1-30-11-7-17(8-12-30)3-4-18-13-20(15-22-21(18)16-25(31)26(22)9-2-10-26)29-34(32,33)24-6-5-19(27)14-23(24)28;27-19-9-10-24(23(28)14-19)33(31,32)29-20-13-18(8-7-17-5-2-1-3-6-17)21-16-25(30)26(11-4-12-26)22(21)15-20/h5-6,13-15,17,29H,2-4,7-12,16H2,1H3;9-10,13-15,17,29H,1-8,11-12,16H2. The van der Waals surface area contributed by atoms with E-state index in [9.17, 15) is 44.0 Å². The van der Waals surface area contributed by atoms with Gasteiger partial charge in [-0.2, -0.15) is 0 Å². The number of rotatable bonds is 12. The van der Waals surface area contributed by atoms with Crippen LogP contribution in [0.1, 0.15) is 130 Å². The number of benzene rings is 4. The van der Waals surface area contributed by atoms with Crippen molar-refractivity contribution in [1.29, 1.82) is 0 Å². The molecule has 0 atom stereocenters. The van der Waals surface area contributed by atoms with Crippen molar-refractivity contribution in [3.05, 3.63) is 117 Å². The molecule has 15 heteroatoms. The molecule has 1 heterocycles. The van der Waals surface area contributed by atoms with Crippen molar-refractivity contribution < 1.29 is 44.0 Å². The predicted octanol–water partition coefficient (Wildman–Crippen LogP) is 10.4. The van der Waals surface area contributed by atoms with Gasteiger partial charge in [-0.25, -0.2) is 34.4 Å². The van der Waals surface area contributed by atoms with Gasteiger partial charge in [-0.3, -0.25) is 19.0 Å². The number of Topliss-reactive ketones (excluding diaryl/α,β-unsaturated/α-hetero) is 2. The number of carbonyl (C=O) groups excluding carboxylic acids is 2. The Kier molecular flexibility index (Phi) is 13.3. The highest BCUT2D eigenvalue weighted by molar-refractivity contribution is 7.93. The Balaban J connectivity index is 0.000000168. The first kappa shape index (κ1) is 47.5. The lowest BCUT2D eigenvalue weighted by molar-refractivity contribution is -0.126. The predicted molar refractivity (Wildman–Crippen MR) is 249 cm³/mol. The van der Waals surface area contributed by atoms with Gasteiger partial charge in [0.25, 0.3) is 20.0 Å². The molecule has 1 saturated heterocycles. The van der Waals surface area contributed by atoms with Crippen molar-refractivity contribution in [1.82, 2.24) is 4.90 Å². The van der Waals surface area contributed by atoms with E-state index in [-0.39, 0.29) is 11.6 Å². The summed E-state index contributed by atoms with van der Waals surface area (Å²) in [6, 6.07) is 12.0. The SMILES string of the molecule is CN1CCC(CCc2cc(NS(=O)(=O)c3ccc(F)cc3F)cc3c2CC(=O)C32CCC2)CC1.O=C1Cc2c(CCC3CCCCC3)cc(NS(=O)(=O)c3ccc(F)cc3F)cc2C12CCC2. The van der Waals surface area contributed by atoms with Gasteiger partial charge in [0.2, 0.25) is 0 Å². The van der Waals surface area contributed by atoms with Crippen molar-refractivity contribution in [2.24, 2.45) is 11.8 Å². The molecule has 5 aliphatic carbocycles. The van der Waals surface area contributed by atoms with Crippen LogP contribution in [-0.2, 0) is 66.1 Å². The van der Waals surface area contributed by atoms with Crippen LogP contribution in [0.25, 0.3) is 0 Å². The van der Waals surface area contributed by atoms with Gasteiger partial charge in [0.05, 0.1) is 10.8 Å². The lowest BCUT2D eigenvalue weighted by atomic mass is 9.64. The topological polar surface area (TPSA) is 130 Å². The van der Waals surface area contributed by atoms with E-state index in [0.717, 1.165) is 148 Å². The molecule has 0 bridgehead atoms. The van der Waals surface area contributed by atoms with E-state index in [2.05, 4.69) is 21.4 Å². The minimum absolute atomic E-state index is 0.221. The Bertz CT molecular complexity index is 2810. The number of hydrogen-bond donors (Lipinski definition) is 2. The highest BCUT2D eigenvalue weighted by atomic mass is 32.2. The molecule has 0 aromatic heterocycles. The Labute approximate surface area is 391 Å². The van der Waals surface area contributed by atoms with Crippen LogP contribution in [0.3, 0.4) is 0 Å². The molecule has 0 unspecified atom stereocenters.